The number of hydrogen-bond acceptors (Lipinski definition) is 4. The fourth-order valence-electron chi connectivity index (χ4n) is 1.25. The van der Waals surface area contributed by atoms with Gasteiger partial charge in [-0.15, -0.1) is 0 Å². The summed E-state index contributed by atoms with van der Waals surface area (Å²) >= 11 is 0. The van der Waals surface area contributed by atoms with E-state index in [4.69, 9.17) is 10.3 Å². The number of amides is 1. The molecule has 0 unspecified atom stereocenters. The van der Waals surface area contributed by atoms with Gasteiger partial charge >= 0.3 is 0 Å². The van der Waals surface area contributed by atoms with Gasteiger partial charge in [0.15, 0.2) is 0 Å². The van der Waals surface area contributed by atoms with Crippen LogP contribution in [0.3, 0.4) is 0 Å². The fraction of sp³-hybridized carbons (Fsp3) is 0.364. The van der Waals surface area contributed by atoms with Crippen molar-refractivity contribution in [2.75, 3.05) is 0 Å². The van der Waals surface area contributed by atoms with E-state index in [0.29, 0.717) is 0 Å². The van der Waals surface area contributed by atoms with Gasteiger partial charge < -0.3 is 11.1 Å². The molecule has 6 nitrogen and oxygen atoms in total. The zero-order valence-corrected chi connectivity index (χ0v) is 10.9. The maximum absolute atomic E-state index is 10.5. The van der Waals surface area contributed by atoms with Crippen LogP contribution in [0.15, 0.2) is 29.2 Å². The van der Waals surface area contributed by atoms with Crippen molar-refractivity contribution in [1.82, 2.24) is 5.32 Å². The summed E-state index contributed by atoms with van der Waals surface area (Å²) < 4.78 is 29.6. The van der Waals surface area contributed by atoms with E-state index in [1.54, 1.807) is 12.1 Å². The van der Waals surface area contributed by atoms with Crippen molar-refractivity contribution in [3.05, 3.63) is 29.8 Å². The molecule has 1 amide bonds. The maximum atomic E-state index is 10.5. The summed E-state index contributed by atoms with van der Waals surface area (Å²) in [6, 6.07) is 5.93. The first-order valence-corrected chi connectivity index (χ1v) is 6.76. The van der Waals surface area contributed by atoms with Gasteiger partial charge in [-0.25, -0.2) is 0 Å². The lowest BCUT2D eigenvalue weighted by Gasteiger charge is -2.30. The largest absolute Gasteiger partial charge is 0.350 e. The van der Waals surface area contributed by atoms with Crippen molar-refractivity contribution in [3.63, 3.8) is 0 Å². The Bertz CT molecular complexity index is 524. The highest BCUT2D eigenvalue weighted by molar-refractivity contribution is 7.85. The molecule has 1 aliphatic heterocycles. The number of rotatable bonds is 1. The van der Waals surface area contributed by atoms with Crippen molar-refractivity contribution < 1.29 is 17.8 Å². The minimum absolute atomic E-state index is 0.0347. The second-order valence-electron chi connectivity index (χ2n) is 4.11. The predicted octanol–water partition coefficient (Wildman–Crippen LogP) is 0.0737. The summed E-state index contributed by atoms with van der Waals surface area (Å²) in [7, 11) is -4.02. The summed E-state index contributed by atoms with van der Waals surface area (Å²) in [6.07, 6.45) is 0. The van der Waals surface area contributed by atoms with Gasteiger partial charge in [0.2, 0.25) is 5.91 Å². The van der Waals surface area contributed by atoms with E-state index < -0.39 is 10.1 Å². The van der Waals surface area contributed by atoms with Gasteiger partial charge in [-0.05, 0) is 26.0 Å². The Morgan fingerprint density at radius 1 is 1.28 bits per heavy atom. The molecular formula is C11H16N2O4S. The SMILES string of the molecule is C[C@@H]1NC(=O)[C@H]1N.Cc1ccc(S(=O)(=O)O)cc1. The number of aryl methyl sites for hydroxylation is 1. The lowest BCUT2D eigenvalue weighted by atomic mass is 10.0. The van der Waals surface area contributed by atoms with Crippen LogP contribution in [0.4, 0.5) is 0 Å². The third-order valence-corrected chi connectivity index (χ3v) is 3.40. The van der Waals surface area contributed by atoms with Gasteiger partial charge in [0, 0.05) is 0 Å². The average Bonchev–Trinajstić information content (AvgIpc) is 2.29. The summed E-state index contributed by atoms with van der Waals surface area (Å²) in [5, 5.41) is 2.59. The number of carbonyl (C=O) groups is 1. The van der Waals surface area contributed by atoms with E-state index in [0.717, 1.165) is 5.56 Å². The van der Waals surface area contributed by atoms with Crippen molar-refractivity contribution in [2.24, 2.45) is 5.73 Å². The van der Waals surface area contributed by atoms with Crippen LogP contribution in [0.25, 0.3) is 0 Å². The molecule has 1 aliphatic rings. The molecule has 1 aromatic rings. The van der Waals surface area contributed by atoms with Gasteiger partial charge in [0.05, 0.1) is 10.9 Å². The normalized spacial score (nSPS) is 22.3. The Hall–Kier alpha value is -1.44. The van der Waals surface area contributed by atoms with Crippen LogP contribution in [0.2, 0.25) is 0 Å². The van der Waals surface area contributed by atoms with E-state index in [-0.39, 0.29) is 22.9 Å². The summed E-state index contributed by atoms with van der Waals surface area (Å²) in [5.74, 6) is -0.0347. The topological polar surface area (TPSA) is 109 Å². The zero-order chi connectivity index (χ0) is 13.9. The van der Waals surface area contributed by atoms with Gasteiger partial charge in [-0.2, -0.15) is 8.42 Å². The Kier molecular flexibility index (Phi) is 4.44. The van der Waals surface area contributed by atoms with E-state index in [1.807, 2.05) is 13.8 Å². The quantitative estimate of drug-likeness (QED) is 0.495. The molecule has 0 radical (unpaired) electrons. The van der Waals surface area contributed by atoms with Gasteiger partial charge in [0.1, 0.15) is 6.04 Å². The molecule has 0 aliphatic carbocycles. The molecule has 18 heavy (non-hydrogen) atoms. The fourth-order valence-corrected chi connectivity index (χ4v) is 1.73. The molecule has 1 aromatic carbocycles. The molecule has 2 rings (SSSR count). The Morgan fingerprint density at radius 2 is 1.78 bits per heavy atom. The molecule has 100 valence electrons. The van der Waals surface area contributed by atoms with Crippen LogP contribution in [0.5, 0.6) is 0 Å². The molecule has 1 fully saturated rings. The molecule has 0 saturated carbocycles. The first-order chi connectivity index (χ1) is 8.21. The standard InChI is InChI=1S/C7H8O3S.C4H8N2O/c1-6-2-4-7(5-3-6)11(8,9)10;1-2-3(5)4(7)6-2/h2-5H,1H3,(H,8,9,10);2-3H,5H2,1H3,(H,6,7)/t;2-,3-/m.0/s1. The Morgan fingerprint density at radius 3 is 2.00 bits per heavy atom. The number of carbonyl (C=O) groups excluding carboxylic acids is 1. The molecule has 7 heteroatoms. The van der Waals surface area contributed by atoms with Gasteiger partial charge in [-0.3, -0.25) is 9.35 Å². The van der Waals surface area contributed by atoms with E-state index >= 15 is 0 Å². The van der Waals surface area contributed by atoms with Crippen LogP contribution >= 0.6 is 0 Å². The maximum Gasteiger partial charge on any atom is 0.294 e. The summed E-state index contributed by atoms with van der Waals surface area (Å²) in [4.78, 5) is 10.1. The minimum atomic E-state index is -4.02. The van der Waals surface area contributed by atoms with Crippen molar-refractivity contribution in [1.29, 1.82) is 0 Å². The van der Waals surface area contributed by atoms with E-state index in [1.165, 1.54) is 12.1 Å². The number of hydrogen-bond donors (Lipinski definition) is 3. The lowest BCUT2D eigenvalue weighted by Crippen LogP contribution is -2.65. The van der Waals surface area contributed by atoms with Crippen LogP contribution in [0, 0.1) is 6.92 Å². The van der Waals surface area contributed by atoms with Crippen LogP contribution in [-0.2, 0) is 14.9 Å². The molecular weight excluding hydrogens is 256 g/mol. The van der Waals surface area contributed by atoms with Crippen molar-refractivity contribution in [3.8, 4) is 0 Å². The third kappa shape index (κ3) is 3.80. The Balaban J connectivity index is 0.000000199. The first-order valence-electron chi connectivity index (χ1n) is 5.32. The molecule has 1 saturated heterocycles. The predicted molar refractivity (Wildman–Crippen MR) is 66.6 cm³/mol. The van der Waals surface area contributed by atoms with E-state index in [2.05, 4.69) is 5.32 Å². The molecule has 0 bridgehead atoms. The number of nitrogens with two attached hydrogens (primary N) is 1. The third-order valence-electron chi connectivity index (χ3n) is 2.53. The monoisotopic (exact) mass is 272 g/mol. The van der Waals surface area contributed by atoms with Crippen LogP contribution in [-0.4, -0.2) is 31.0 Å². The Labute approximate surface area is 106 Å². The average molecular weight is 272 g/mol. The lowest BCUT2D eigenvalue weighted by molar-refractivity contribution is -0.129. The van der Waals surface area contributed by atoms with Gasteiger partial charge in [0.25, 0.3) is 10.1 Å². The van der Waals surface area contributed by atoms with Gasteiger partial charge in [-0.1, -0.05) is 17.7 Å². The minimum Gasteiger partial charge on any atom is -0.350 e. The highest BCUT2D eigenvalue weighted by atomic mass is 32.2. The van der Waals surface area contributed by atoms with Crippen LogP contribution in [0.1, 0.15) is 12.5 Å². The smallest absolute Gasteiger partial charge is 0.294 e. The highest BCUT2D eigenvalue weighted by Gasteiger charge is 2.31. The second-order valence-corrected chi connectivity index (χ2v) is 5.53. The molecule has 0 spiro atoms. The van der Waals surface area contributed by atoms with Crippen LogP contribution < -0.4 is 11.1 Å². The first kappa shape index (κ1) is 14.6. The second kappa shape index (κ2) is 5.47. The van der Waals surface area contributed by atoms with Crippen molar-refractivity contribution in [2.45, 2.75) is 30.8 Å². The molecule has 2 atom stereocenters. The number of benzene rings is 1. The summed E-state index contributed by atoms with van der Waals surface area (Å²) in [6.45, 7) is 3.72. The molecule has 0 aromatic heterocycles. The number of β-lactam (4-membered cyclic amide) rings is 1. The molecule has 1 heterocycles. The molecule has 4 N–H and O–H groups in total. The van der Waals surface area contributed by atoms with E-state index in [9.17, 15) is 13.2 Å². The number of nitrogens with one attached hydrogen (secondary N) is 1. The summed E-state index contributed by atoms with van der Waals surface area (Å²) in [5.41, 5.74) is 6.21. The highest BCUT2D eigenvalue weighted by Crippen LogP contribution is 2.08. The van der Waals surface area contributed by atoms with Crippen molar-refractivity contribution >= 4 is 16.0 Å². The zero-order valence-electron chi connectivity index (χ0n) is 10.1.